The molecule has 0 aromatic heterocycles. The van der Waals surface area contributed by atoms with Crippen LogP contribution >= 0.6 is 0 Å². The lowest BCUT2D eigenvalue weighted by Crippen LogP contribution is -2.48. The molecule has 1 fully saturated rings. The molecule has 1 atom stereocenters. The molecule has 1 aliphatic rings. The minimum absolute atomic E-state index is 0.152. The Morgan fingerprint density at radius 3 is 2.57 bits per heavy atom. The molecule has 0 aliphatic heterocycles. The topological polar surface area (TPSA) is 79.2 Å². The average molecular weight is 290 g/mol. The van der Waals surface area contributed by atoms with Crippen LogP contribution in [0.5, 0.6) is 0 Å². The van der Waals surface area contributed by atoms with E-state index in [0.29, 0.717) is 0 Å². The molecule has 1 aromatic carbocycles. The third-order valence-corrected chi connectivity index (χ3v) is 3.44. The Morgan fingerprint density at radius 1 is 1.43 bits per heavy atom. The minimum Gasteiger partial charge on any atom is -0.452 e. The molecular formula is C15H15FN2O3. The monoisotopic (exact) mass is 290 g/mol. The van der Waals surface area contributed by atoms with Gasteiger partial charge in [-0.25, -0.2) is 9.18 Å². The summed E-state index contributed by atoms with van der Waals surface area (Å²) in [4.78, 5) is 23.4. The Bertz CT molecular complexity index is 590. The molecule has 0 radical (unpaired) electrons. The Morgan fingerprint density at radius 2 is 2.05 bits per heavy atom. The highest BCUT2D eigenvalue weighted by Gasteiger charge is 2.43. The van der Waals surface area contributed by atoms with Crippen LogP contribution < -0.4 is 5.32 Å². The van der Waals surface area contributed by atoms with Gasteiger partial charge in [0, 0.05) is 0 Å². The fourth-order valence-corrected chi connectivity index (χ4v) is 2.01. The molecule has 0 unspecified atom stereocenters. The van der Waals surface area contributed by atoms with E-state index in [1.165, 1.54) is 12.1 Å². The third-order valence-electron chi connectivity index (χ3n) is 3.44. The fourth-order valence-electron chi connectivity index (χ4n) is 2.01. The van der Waals surface area contributed by atoms with E-state index in [-0.39, 0.29) is 11.5 Å². The van der Waals surface area contributed by atoms with Gasteiger partial charge in [0.2, 0.25) is 0 Å². The number of carbonyl (C=O) groups excluding carboxylic acids is 2. The zero-order chi connectivity index (χ0) is 15.5. The van der Waals surface area contributed by atoms with Crippen LogP contribution in [0.4, 0.5) is 4.39 Å². The number of benzene rings is 1. The molecule has 110 valence electrons. The van der Waals surface area contributed by atoms with Crippen LogP contribution in [0.15, 0.2) is 24.3 Å². The van der Waals surface area contributed by atoms with E-state index in [4.69, 9.17) is 10.00 Å². The average Bonchev–Trinajstić information content (AvgIpc) is 3.30. The molecule has 0 bridgehead atoms. The summed E-state index contributed by atoms with van der Waals surface area (Å²) in [6.45, 7) is 1.19. The van der Waals surface area contributed by atoms with Crippen molar-refractivity contribution in [2.24, 2.45) is 5.92 Å². The standard InChI is InChI=1S/C15H15FN2O3/c1-15(9-17,11-4-5-11)18-13(19)8-21-14(20)10-2-6-12(16)7-3-10/h2-3,6-7,11H,4-5,8H2,1H3,(H,18,19)/t15-/m0/s1. The van der Waals surface area contributed by atoms with Gasteiger partial charge in [-0.3, -0.25) is 4.79 Å². The van der Waals surface area contributed by atoms with E-state index in [0.717, 1.165) is 25.0 Å². The molecule has 1 aromatic rings. The molecule has 0 spiro atoms. The first kappa shape index (κ1) is 15.0. The molecule has 6 heteroatoms. The molecule has 1 saturated carbocycles. The summed E-state index contributed by atoms with van der Waals surface area (Å²) in [6, 6.07) is 6.91. The van der Waals surface area contributed by atoms with Gasteiger partial charge < -0.3 is 10.1 Å². The van der Waals surface area contributed by atoms with Gasteiger partial charge in [0.25, 0.3) is 5.91 Å². The van der Waals surface area contributed by atoms with Crippen LogP contribution in [-0.2, 0) is 9.53 Å². The Labute approximate surface area is 121 Å². The smallest absolute Gasteiger partial charge is 0.338 e. The predicted octanol–water partition coefficient (Wildman–Crippen LogP) is 1.79. The van der Waals surface area contributed by atoms with Crippen molar-refractivity contribution in [1.82, 2.24) is 5.32 Å². The van der Waals surface area contributed by atoms with E-state index in [1.807, 2.05) is 0 Å². The number of amides is 1. The molecule has 5 nitrogen and oxygen atoms in total. The van der Waals surface area contributed by atoms with Crippen molar-refractivity contribution >= 4 is 11.9 Å². The zero-order valence-corrected chi connectivity index (χ0v) is 11.6. The molecule has 21 heavy (non-hydrogen) atoms. The van der Waals surface area contributed by atoms with Crippen molar-refractivity contribution in [3.05, 3.63) is 35.6 Å². The van der Waals surface area contributed by atoms with Crippen LogP contribution in [0.1, 0.15) is 30.1 Å². The highest BCUT2D eigenvalue weighted by molar-refractivity contribution is 5.91. The second-order valence-corrected chi connectivity index (χ2v) is 5.22. The summed E-state index contributed by atoms with van der Waals surface area (Å²) in [7, 11) is 0. The van der Waals surface area contributed by atoms with Crippen molar-refractivity contribution < 1.29 is 18.7 Å². The van der Waals surface area contributed by atoms with E-state index in [1.54, 1.807) is 6.92 Å². The molecule has 1 amide bonds. The Kier molecular flexibility index (Phi) is 4.22. The summed E-state index contributed by atoms with van der Waals surface area (Å²) in [5.74, 6) is -1.55. The number of halogens is 1. The number of nitriles is 1. The highest BCUT2D eigenvalue weighted by atomic mass is 19.1. The molecule has 1 N–H and O–H groups in total. The number of hydrogen-bond donors (Lipinski definition) is 1. The maximum atomic E-state index is 12.7. The SMILES string of the molecule is C[C@@](C#N)(NC(=O)COC(=O)c1ccc(F)cc1)C1CC1. The second kappa shape index (κ2) is 5.92. The number of carbonyl (C=O) groups is 2. The Hall–Kier alpha value is -2.42. The Balaban J connectivity index is 1.85. The highest BCUT2D eigenvalue weighted by Crippen LogP contribution is 2.39. The van der Waals surface area contributed by atoms with Gasteiger partial charge in [0.1, 0.15) is 11.4 Å². The lowest BCUT2D eigenvalue weighted by molar-refractivity contribution is -0.125. The molecule has 0 heterocycles. The number of hydrogen-bond acceptors (Lipinski definition) is 4. The van der Waals surface area contributed by atoms with E-state index in [9.17, 15) is 14.0 Å². The zero-order valence-electron chi connectivity index (χ0n) is 11.6. The van der Waals surface area contributed by atoms with Gasteiger partial charge in [0.15, 0.2) is 6.61 Å². The summed E-state index contributed by atoms with van der Waals surface area (Å²) >= 11 is 0. The summed E-state index contributed by atoms with van der Waals surface area (Å²) in [5.41, 5.74) is -0.756. The third kappa shape index (κ3) is 3.78. The van der Waals surface area contributed by atoms with Crippen LogP contribution in [-0.4, -0.2) is 24.0 Å². The van der Waals surface area contributed by atoms with Gasteiger partial charge in [-0.1, -0.05) is 0 Å². The maximum absolute atomic E-state index is 12.7. The number of nitrogens with one attached hydrogen (secondary N) is 1. The van der Waals surface area contributed by atoms with Crippen molar-refractivity contribution in [1.29, 1.82) is 5.26 Å². The summed E-state index contributed by atoms with van der Waals surface area (Å²) < 4.78 is 17.6. The predicted molar refractivity (Wildman–Crippen MR) is 71.6 cm³/mol. The van der Waals surface area contributed by atoms with Crippen molar-refractivity contribution in [2.75, 3.05) is 6.61 Å². The van der Waals surface area contributed by atoms with Crippen LogP contribution in [0.25, 0.3) is 0 Å². The van der Waals surface area contributed by atoms with Crippen LogP contribution in [0, 0.1) is 23.1 Å². The summed E-state index contributed by atoms with van der Waals surface area (Å²) in [5, 5.41) is 11.7. The van der Waals surface area contributed by atoms with E-state index >= 15 is 0 Å². The first-order chi connectivity index (χ1) is 9.94. The largest absolute Gasteiger partial charge is 0.452 e. The normalized spacial score (nSPS) is 16.4. The minimum atomic E-state index is -0.917. The quantitative estimate of drug-likeness (QED) is 0.838. The van der Waals surface area contributed by atoms with Gasteiger partial charge >= 0.3 is 5.97 Å². The van der Waals surface area contributed by atoms with E-state index < -0.39 is 29.8 Å². The van der Waals surface area contributed by atoms with Crippen LogP contribution in [0.3, 0.4) is 0 Å². The van der Waals surface area contributed by atoms with Gasteiger partial charge in [-0.05, 0) is 49.9 Å². The number of nitrogens with zero attached hydrogens (tertiary/aromatic N) is 1. The fraction of sp³-hybridized carbons (Fsp3) is 0.400. The molecule has 1 aliphatic carbocycles. The van der Waals surface area contributed by atoms with Crippen molar-refractivity contribution in [3.8, 4) is 6.07 Å². The molecule has 2 rings (SSSR count). The van der Waals surface area contributed by atoms with Crippen molar-refractivity contribution in [2.45, 2.75) is 25.3 Å². The second-order valence-electron chi connectivity index (χ2n) is 5.22. The number of ether oxygens (including phenoxy) is 1. The van der Waals surface area contributed by atoms with Gasteiger partial charge in [-0.15, -0.1) is 0 Å². The first-order valence-electron chi connectivity index (χ1n) is 6.59. The number of rotatable bonds is 5. The van der Waals surface area contributed by atoms with Crippen molar-refractivity contribution in [3.63, 3.8) is 0 Å². The molecular weight excluding hydrogens is 275 g/mol. The van der Waals surface area contributed by atoms with Gasteiger partial charge in [-0.2, -0.15) is 5.26 Å². The first-order valence-corrected chi connectivity index (χ1v) is 6.59. The summed E-state index contributed by atoms with van der Waals surface area (Å²) in [6.07, 6.45) is 1.80. The lowest BCUT2D eigenvalue weighted by Gasteiger charge is -2.22. The van der Waals surface area contributed by atoms with Gasteiger partial charge in [0.05, 0.1) is 11.6 Å². The van der Waals surface area contributed by atoms with E-state index in [2.05, 4.69) is 11.4 Å². The molecule has 0 saturated heterocycles. The number of esters is 1. The van der Waals surface area contributed by atoms with Crippen LogP contribution in [0.2, 0.25) is 0 Å². The lowest BCUT2D eigenvalue weighted by atomic mass is 9.98. The maximum Gasteiger partial charge on any atom is 0.338 e.